The van der Waals surface area contributed by atoms with Crippen molar-refractivity contribution in [3.63, 3.8) is 0 Å². The molecule has 0 aliphatic carbocycles. The van der Waals surface area contributed by atoms with Crippen molar-refractivity contribution in [1.82, 2.24) is 0 Å². The average molecular weight is 248 g/mol. The van der Waals surface area contributed by atoms with E-state index in [9.17, 15) is 13.9 Å². The maximum Gasteiger partial charge on any atom is 0.131 e. The number of hydrogen-bond donors (Lipinski definition) is 1. The highest BCUT2D eigenvalue weighted by Gasteiger charge is 2.19. The van der Waals surface area contributed by atoms with E-state index in [1.54, 1.807) is 26.0 Å². The third-order valence-corrected chi connectivity index (χ3v) is 2.84. The second-order valence-corrected chi connectivity index (χ2v) is 4.73. The van der Waals surface area contributed by atoms with Gasteiger partial charge in [0.2, 0.25) is 0 Å². The van der Waals surface area contributed by atoms with Gasteiger partial charge in [-0.1, -0.05) is 24.3 Å². The summed E-state index contributed by atoms with van der Waals surface area (Å²) < 4.78 is 27.4. The lowest BCUT2D eigenvalue weighted by Gasteiger charge is -2.19. The van der Waals surface area contributed by atoms with Crippen LogP contribution < -0.4 is 0 Å². The zero-order chi connectivity index (χ0) is 13.3. The number of halogens is 2. The number of benzene rings is 2. The van der Waals surface area contributed by atoms with Gasteiger partial charge in [-0.25, -0.2) is 8.78 Å². The molecule has 0 saturated heterocycles. The molecule has 0 aromatic heterocycles. The molecule has 18 heavy (non-hydrogen) atoms. The molecule has 94 valence electrons. The summed E-state index contributed by atoms with van der Waals surface area (Å²) in [6.07, 6.45) is 0. The van der Waals surface area contributed by atoms with Crippen LogP contribution in [0.5, 0.6) is 0 Å². The fourth-order valence-electron chi connectivity index (χ4n) is 1.79. The van der Waals surface area contributed by atoms with Crippen LogP contribution in [0.2, 0.25) is 0 Å². The molecule has 0 bridgehead atoms. The SMILES string of the molecule is CC(C)(O)c1ccc(F)c(-c2ccccc2F)c1. The first-order valence-corrected chi connectivity index (χ1v) is 5.67. The Morgan fingerprint density at radius 1 is 0.889 bits per heavy atom. The van der Waals surface area contributed by atoms with Crippen LogP contribution in [0.4, 0.5) is 8.78 Å². The van der Waals surface area contributed by atoms with Gasteiger partial charge in [0.1, 0.15) is 11.6 Å². The Morgan fingerprint density at radius 3 is 2.11 bits per heavy atom. The summed E-state index contributed by atoms with van der Waals surface area (Å²) in [5, 5.41) is 9.90. The molecule has 1 N–H and O–H groups in total. The van der Waals surface area contributed by atoms with Gasteiger partial charge >= 0.3 is 0 Å². The largest absolute Gasteiger partial charge is 0.386 e. The maximum atomic E-state index is 13.8. The van der Waals surface area contributed by atoms with Crippen molar-refractivity contribution in [3.8, 4) is 11.1 Å². The minimum absolute atomic E-state index is 0.160. The quantitative estimate of drug-likeness (QED) is 0.855. The van der Waals surface area contributed by atoms with Crippen molar-refractivity contribution in [3.05, 3.63) is 59.7 Å². The van der Waals surface area contributed by atoms with E-state index in [1.165, 1.54) is 30.3 Å². The van der Waals surface area contributed by atoms with Crippen molar-refractivity contribution >= 4 is 0 Å². The molecule has 0 aliphatic heterocycles. The smallest absolute Gasteiger partial charge is 0.131 e. The summed E-state index contributed by atoms with van der Waals surface area (Å²) in [5.41, 5.74) is -0.191. The van der Waals surface area contributed by atoms with Crippen molar-refractivity contribution in [2.24, 2.45) is 0 Å². The predicted molar refractivity (Wildman–Crippen MR) is 67.0 cm³/mol. The number of hydrogen-bond acceptors (Lipinski definition) is 1. The second kappa shape index (κ2) is 4.50. The predicted octanol–water partition coefficient (Wildman–Crippen LogP) is 3.86. The molecule has 1 nitrogen and oxygen atoms in total. The van der Waals surface area contributed by atoms with E-state index in [-0.39, 0.29) is 11.1 Å². The highest BCUT2D eigenvalue weighted by molar-refractivity contribution is 5.65. The van der Waals surface area contributed by atoms with E-state index < -0.39 is 17.2 Å². The van der Waals surface area contributed by atoms with E-state index in [0.717, 1.165) is 0 Å². The van der Waals surface area contributed by atoms with Crippen LogP contribution in [0, 0.1) is 11.6 Å². The summed E-state index contributed by atoms with van der Waals surface area (Å²) in [6, 6.07) is 10.2. The number of rotatable bonds is 2. The molecule has 3 heteroatoms. The molecule has 2 aromatic carbocycles. The van der Waals surface area contributed by atoms with E-state index in [1.807, 2.05) is 0 Å². The van der Waals surface area contributed by atoms with E-state index in [2.05, 4.69) is 0 Å². The highest BCUT2D eigenvalue weighted by atomic mass is 19.1. The number of aliphatic hydroxyl groups is 1. The van der Waals surface area contributed by atoms with E-state index in [0.29, 0.717) is 5.56 Å². The summed E-state index contributed by atoms with van der Waals surface area (Å²) in [5.74, 6) is -0.989. The van der Waals surface area contributed by atoms with Gasteiger partial charge in [0.15, 0.2) is 0 Å². The van der Waals surface area contributed by atoms with Gasteiger partial charge in [-0.3, -0.25) is 0 Å². The van der Waals surface area contributed by atoms with Crippen LogP contribution in [0.1, 0.15) is 19.4 Å². The Balaban J connectivity index is 2.61. The van der Waals surface area contributed by atoms with Crippen LogP contribution >= 0.6 is 0 Å². The van der Waals surface area contributed by atoms with Crippen LogP contribution in [-0.2, 0) is 5.60 Å². The van der Waals surface area contributed by atoms with Crippen molar-refractivity contribution in [1.29, 1.82) is 0 Å². The first kappa shape index (κ1) is 12.7. The van der Waals surface area contributed by atoms with Crippen LogP contribution in [0.15, 0.2) is 42.5 Å². The fraction of sp³-hybridized carbons (Fsp3) is 0.200. The van der Waals surface area contributed by atoms with Gasteiger partial charge in [0.05, 0.1) is 5.60 Å². The van der Waals surface area contributed by atoms with Gasteiger partial charge in [-0.2, -0.15) is 0 Å². The second-order valence-electron chi connectivity index (χ2n) is 4.73. The lowest BCUT2D eigenvalue weighted by Crippen LogP contribution is -2.15. The van der Waals surface area contributed by atoms with Gasteiger partial charge in [0, 0.05) is 11.1 Å². The minimum Gasteiger partial charge on any atom is -0.386 e. The van der Waals surface area contributed by atoms with Crippen molar-refractivity contribution in [2.45, 2.75) is 19.4 Å². The molecule has 0 atom stereocenters. The normalized spacial score (nSPS) is 11.6. The van der Waals surface area contributed by atoms with Crippen LogP contribution in [0.3, 0.4) is 0 Å². The molecule has 0 aliphatic rings. The maximum absolute atomic E-state index is 13.8. The Labute approximate surface area is 105 Å². The first-order valence-electron chi connectivity index (χ1n) is 5.67. The Bertz CT molecular complexity index is 571. The Kier molecular flexibility index (Phi) is 3.18. The molecule has 2 aromatic rings. The summed E-state index contributed by atoms with van der Waals surface area (Å²) in [6.45, 7) is 3.21. The van der Waals surface area contributed by atoms with Crippen molar-refractivity contribution < 1.29 is 13.9 Å². The Morgan fingerprint density at radius 2 is 1.50 bits per heavy atom. The molecule has 2 rings (SSSR count). The molecular formula is C15H14F2O. The van der Waals surface area contributed by atoms with Gasteiger partial charge in [-0.05, 0) is 37.6 Å². The van der Waals surface area contributed by atoms with Crippen molar-refractivity contribution in [2.75, 3.05) is 0 Å². The lowest BCUT2D eigenvalue weighted by atomic mass is 9.94. The van der Waals surface area contributed by atoms with E-state index in [4.69, 9.17) is 0 Å². The molecular weight excluding hydrogens is 234 g/mol. The topological polar surface area (TPSA) is 20.2 Å². The average Bonchev–Trinajstić information content (AvgIpc) is 2.29. The monoisotopic (exact) mass is 248 g/mol. The summed E-state index contributed by atoms with van der Waals surface area (Å²) in [7, 11) is 0. The fourth-order valence-corrected chi connectivity index (χ4v) is 1.79. The van der Waals surface area contributed by atoms with E-state index >= 15 is 0 Å². The molecule has 0 spiro atoms. The minimum atomic E-state index is -1.09. The summed E-state index contributed by atoms with van der Waals surface area (Å²) >= 11 is 0. The third kappa shape index (κ3) is 2.41. The van der Waals surface area contributed by atoms with Gasteiger partial charge in [0.25, 0.3) is 0 Å². The first-order chi connectivity index (χ1) is 8.39. The van der Waals surface area contributed by atoms with Gasteiger partial charge in [-0.15, -0.1) is 0 Å². The van der Waals surface area contributed by atoms with Crippen LogP contribution in [-0.4, -0.2) is 5.11 Å². The van der Waals surface area contributed by atoms with Crippen LogP contribution in [0.25, 0.3) is 11.1 Å². The third-order valence-electron chi connectivity index (χ3n) is 2.84. The zero-order valence-corrected chi connectivity index (χ0v) is 10.2. The lowest BCUT2D eigenvalue weighted by molar-refractivity contribution is 0.0786. The van der Waals surface area contributed by atoms with Gasteiger partial charge < -0.3 is 5.11 Å². The summed E-state index contributed by atoms with van der Waals surface area (Å²) in [4.78, 5) is 0. The molecule has 0 amide bonds. The molecule has 0 heterocycles. The molecule has 0 unspecified atom stereocenters. The standard InChI is InChI=1S/C15H14F2O/c1-15(2,18)10-7-8-14(17)12(9-10)11-5-3-4-6-13(11)16/h3-9,18H,1-2H3. The molecule has 0 saturated carbocycles. The Hall–Kier alpha value is -1.74. The molecule has 0 fully saturated rings. The zero-order valence-electron chi connectivity index (χ0n) is 10.2. The highest BCUT2D eigenvalue weighted by Crippen LogP contribution is 2.30. The molecule has 0 radical (unpaired) electrons.